The van der Waals surface area contributed by atoms with Gasteiger partial charge in [-0.3, -0.25) is 4.79 Å². The molecule has 1 aromatic rings. The van der Waals surface area contributed by atoms with Crippen molar-refractivity contribution in [2.45, 2.75) is 26.7 Å². The van der Waals surface area contributed by atoms with E-state index in [2.05, 4.69) is 19.2 Å². The SMILES string of the molecule is CC(C)CCC(=O)Nc1ccc(F)cc1I. The van der Waals surface area contributed by atoms with Gasteiger partial charge in [0.15, 0.2) is 0 Å². The van der Waals surface area contributed by atoms with Gasteiger partial charge in [0, 0.05) is 9.99 Å². The number of amides is 1. The second-order valence-electron chi connectivity index (χ2n) is 4.10. The first-order valence-electron chi connectivity index (χ1n) is 5.24. The van der Waals surface area contributed by atoms with E-state index in [1.807, 2.05) is 22.6 Å². The highest BCUT2D eigenvalue weighted by Gasteiger charge is 2.07. The topological polar surface area (TPSA) is 29.1 Å². The molecule has 0 aliphatic heterocycles. The molecule has 0 aliphatic rings. The molecule has 1 rings (SSSR count). The van der Waals surface area contributed by atoms with Gasteiger partial charge in [0.2, 0.25) is 5.91 Å². The third kappa shape index (κ3) is 4.47. The van der Waals surface area contributed by atoms with Crippen LogP contribution < -0.4 is 5.32 Å². The van der Waals surface area contributed by atoms with Crippen molar-refractivity contribution in [3.8, 4) is 0 Å². The molecule has 0 heterocycles. The molecule has 1 amide bonds. The van der Waals surface area contributed by atoms with E-state index in [0.717, 1.165) is 9.99 Å². The van der Waals surface area contributed by atoms with E-state index in [1.165, 1.54) is 12.1 Å². The first kappa shape index (κ1) is 13.4. The Kier molecular flexibility index (Phi) is 5.18. The van der Waals surface area contributed by atoms with E-state index in [4.69, 9.17) is 0 Å². The van der Waals surface area contributed by atoms with Crippen LogP contribution in [0.15, 0.2) is 18.2 Å². The van der Waals surface area contributed by atoms with Gasteiger partial charge < -0.3 is 5.32 Å². The summed E-state index contributed by atoms with van der Waals surface area (Å²) >= 11 is 2.01. The van der Waals surface area contributed by atoms with Crippen LogP contribution in [0.25, 0.3) is 0 Å². The molecule has 0 fully saturated rings. The van der Waals surface area contributed by atoms with E-state index in [-0.39, 0.29) is 11.7 Å². The minimum Gasteiger partial charge on any atom is -0.325 e. The van der Waals surface area contributed by atoms with Gasteiger partial charge in [0.05, 0.1) is 5.69 Å². The minimum atomic E-state index is -0.287. The molecular formula is C12H15FINO. The molecule has 0 radical (unpaired) electrons. The number of rotatable bonds is 4. The third-order valence-electron chi connectivity index (χ3n) is 2.15. The van der Waals surface area contributed by atoms with Gasteiger partial charge in [-0.05, 0) is 53.1 Å². The number of carbonyl (C=O) groups excluding carboxylic acids is 1. The van der Waals surface area contributed by atoms with Gasteiger partial charge in [-0.25, -0.2) is 4.39 Å². The van der Waals surface area contributed by atoms with Crippen LogP contribution in [0.3, 0.4) is 0 Å². The van der Waals surface area contributed by atoms with Crippen molar-refractivity contribution in [1.29, 1.82) is 0 Å². The predicted molar refractivity (Wildman–Crippen MR) is 71.8 cm³/mol. The molecule has 0 unspecified atom stereocenters. The number of anilines is 1. The van der Waals surface area contributed by atoms with Gasteiger partial charge in [0.25, 0.3) is 0 Å². The normalized spacial score (nSPS) is 10.6. The second kappa shape index (κ2) is 6.18. The van der Waals surface area contributed by atoms with Crippen LogP contribution in [0.1, 0.15) is 26.7 Å². The summed E-state index contributed by atoms with van der Waals surface area (Å²) in [4.78, 5) is 11.5. The summed E-state index contributed by atoms with van der Waals surface area (Å²) in [7, 11) is 0. The maximum Gasteiger partial charge on any atom is 0.224 e. The molecule has 0 saturated heterocycles. The predicted octanol–water partition coefficient (Wildman–Crippen LogP) is 3.81. The van der Waals surface area contributed by atoms with Crippen LogP contribution >= 0.6 is 22.6 Å². The van der Waals surface area contributed by atoms with Crippen LogP contribution in [0.2, 0.25) is 0 Å². The van der Waals surface area contributed by atoms with Crippen molar-refractivity contribution in [3.63, 3.8) is 0 Å². The molecule has 1 N–H and O–H groups in total. The fourth-order valence-electron chi connectivity index (χ4n) is 1.22. The fourth-order valence-corrected chi connectivity index (χ4v) is 1.84. The molecule has 16 heavy (non-hydrogen) atoms. The standard InChI is InChI=1S/C12H15FINO/c1-8(2)3-6-12(16)15-11-5-4-9(13)7-10(11)14/h4-5,7-8H,3,6H2,1-2H3,(H,15,16). The molecule has 2 nitrogen and oxygen atoms in total. The number of benzene rings is 1. The Labute approximate surface area is 109 Å². The quantitative estimate of drug-likeness (QED) is 0.833. The lowest BCUT2D eigenvalue weighted by Gasteiger charge is -2.08. The Morgan fingerprint density at radius 2 is 2.19 bits per heavy atom. The molecule has 0 spiro atoms. The van der Waals surface area contributed by atoms with Gasteiger partial charge >= 0.3 is 0 Å². The largest absolute Gasteiger partial charge is 0.325 e. The van der Waals surface area contributed by atoms with Crippen LogP contribution in [0, 0.1) is 15.3 Å². The molecule has 0 atom stereocenters. The second-order valence-corrected chi connectivity index (χ2v) is 5.27. The lowest BCUT2D eigenvalue weighted by atomic mass is 10.1. The lowest BCUT2D eigenvalue weighted by molar-refractivity contribution is -0.116. The number of halogens is 2. The smallest absolute Gasteiger partial charge is 0.224 e. The number of nitrogens with one attached hydrogen (secondary N) is 1. The highest BCUT2D eigenvalue weighted by molar-refractivity contribution is 14.1. The average Bonchev–Trinajstić information content (AvgIpc) is 2.19. The summed E-state index contributed by atoms with van der Waals surface area (Å²) < 4.78 is 13.5. The Bertz CT molecular complexity index is 379. The molecule has 0 aromatic heterocycles. The van der Waals surface area contributed by atoms with E-state index in [1.54, 1.807) is 6.07 Å². The summed E-state index contributed by atoms with van der Waals surface area (Å²) in [5.74, 6) is 0.209. The van der Waals surface area contributed by atoms with Gasteiger partial charge in [-0.1, -0.05) is 13.8 Å². The number of carbonyl (C=O) groups is 1. The Morgan fingerprint density at radius 1 is 1.50 bits per heavy atom. The number of hydrogen-bond acceptors (Lipinski definition) is 1. The van der Waals surface area contributed by atoms with Gasteiger partial charge in [-0.2, -0.15) is 0 Å². The summed E-state index contributed by atoms with van der Waals surface area (Å²) in [6.07, 6.45) is 1.37. The molecule has 0 saturated carbocycles. The van der Waals surface area contributed by atoms with Crippen molar-refractivity contribution in [3.05, 3.63) is 27.6 Å². The van der Waals surface area contributed by atoms with Crippen molar-refractivity contribution in [2.75, 3.05) is 5.32 Å². The third-order valence-corrected chi connectivity index (χ3v) is 3.05. The molecule has 0 bridgehead atoms. The first-order valence-corrected chi connectivity index (χ1v) is 6.32. The highest BCUT2D eigenvalue weighted by Crippen LogP contribution is 2.19. The van der Waals surface area contributed by atoms with Gasteiger partial charge in [-0.15, -0.1) is 0 Å². The zero-order chi connectivity index (χ0) is 12.1. The van der Waals surface area contributed by atoms with Crippen LogP contribution in [0.4, 0.5) is 10.1 Å². The summed E-state index contributed by atoms with van der Waals surface area (Å²) in [6, 6.07) is 4.34. The zero-order valence-corrected chi connectivity index (χ0v) is 11.5. The molecule has 88 valence electrons. The van der Waals surface area contributed by atoms with Crippen LogP contribution in [-0.4, -0.2) is 5.91 Å². The maximum atomic E-state index is 12.8. The Balaban J connectivity index is 2.56. The summed E-state index contributed by atoms with van der Waals surface area (Å²) in [6.45, 7) is 4.16. The van der Waals surface area contributed by atoms with E-state index in [9.17, 15) is 9.18 Å². The minimum absolute atomic E-state index is 0.0155. The monoisotopic (exact) mass is 335 g/mol. The molecule has 1 aromatic carbocycles. The Hall–Kier alpha value is -0.650. The van der Waals surface area contributed by atoms with Crippen molar-refractivity contribution in [1.82, 2.24) is 0 Å². The first-order chi connectivity index (χ1) is 7.49. The zero-order valence-electron chi connectivity index (χ0n) is 9.39. The molecular weight excluding hydrogens is 320 g/mol. The molecule has 0 aliphatic carbocycles. The van der Waals surface area contributed by atoms with E-state index < -0.39 is 0 Å². The van der Waals surface area contributed by atoms with Crippen LogP contribution in [-0.2, 0) is 4.79 Å². The fraction of sp³-hybridized carbons (Fsp3) is 0.417. The lowest BCUT2D eigenvalue weighted by Crippen LogP contribution is -2.13. The highest BCUT2D eigenvalue weighted by atomic mass is 127. The number of hydrogen-bond donors (Lipinski definition) is 1. The van der Waals surface area contributed by atoms with E-state index >= 15 is 0 Å². The average molecular weight is 335 g/mol. The maximum absolute atomic E-state index is 12.8. The summed E-state index contributed by atoms with van der Waals surface area (Å²) in [5.41, 5.74) is 0.677. The summed E-state index contributed by atoms with van der Waals surface area (Å²) in [5, 5.41) is 2.78. The molecule has 4 heteroatoms. The van der Waals surface area contributed by atoms with Crippen LogP contribution in [0.5, 0.6) is 0 Å². The Morgan fingerprint density at radius 3 is 2.75 bits per heavy atom. The van der Waals surface area contributed by atoms with Gasteiger partial charge in [0.1, 0.15) is 5.82 Å². The van der Waals surface area contributed by atoms with Crippen molar-refractivity contribution in [2.24, 2.45) is 5.92 Å². The van der Waals surface area contributed by atoms with Crippen molar-refractivity contribution >= 4 is 34.2 Å². The van der Waals surface area contributed by atoms with Crippen molar-refractivity contribution < 1.29 is 9.18 Å². The van der Waals surface area contributed by atoms with E-state index in [0.29, 0.717) is 18.0 Å².